The van der Waals surface area contributed by atoms with Crippen molar-refractivity contribution in [3.05, 3.63) is 17.8 Å². The maximum Gasteiger partial charge on any atom is 0.417 e. The number of hydrogen-bond acceptors (Lipinski definition) is 3. The van der Waals surface area contributed by atoms with Gasteiger partial charge in [-0.05, 0) is 6.07 Å². The van der Waals surface area contributed by atoms with Crippen LogP contribution in [0.1, 0.15) is 5.56 Å². The van der Waals surface area contributed by atoms with E-state index in [4.69, 9.17) is 5.73 Å². The Morgan fingerprint density at radius 1 is 1.36 bits per heavy atom. The minimum absolute atomic E-state index is 0.0861. The van der Waals surface area contributed by atoms with Crippen molar-refractivity contribution in [2.24, 2.45) is 0 Å². The molecular formula is C8H10F3N3. The molecule has 0 saturated carbocycles. The Morgan fingerprint density at radius 3 is 2.36 bits per heavy atom. The number of alkyl halides is 3. The molecule has 0 fully saturated rings. The highest BCUT2D eigenvalue weighted by atomic mass is 19.4. The molecule has 78 valence electrons. The summed E-state index contributed by atoms with van der Waals surface area (Å²) in [5.74, 6) is 0.0861. The highest BCUT2D eigenvalue weighted by Crippen LogP contribution is 2.32. The van der Waals surface area contributed by atoms with Crippen molar-refractivity contribution < 1.29 is 13.2 Å². The van der Waals surface area contributed by atoms with Crippen LogP contribution in [0.4, 0.5) is 24.7 Å². The molecule has 0 aliphatic heterocycles. The average molecular weight is 205 g/mol. The molecule has 1 rings (SSSR count). The summed E-state index contributed by atoms with van der Waals surface area (Å²) in [5, 5.41) is 0. The second-order valence-corrected chi connectivity index (χ2v) is 3.02. The van der Waals surface area contributed by atoms with Crippen LogP contribution in [-0.2, 0) is 6.18 Å². The first kappa shape index (κ1) is 10.6. The molecule has 0 aliphatic carbocycles. The molecule has 1 heterocycles. The Hall–Kier alpha value is -1.46. The van der Waals surface area contributed by atoms with Crippen molar-refractivity contribution >= 4 is 11.5 Å². The first-order chi connectivity index (χ1) is 6.32. The number of aromatic nitrogens is 1. The molecule has 0 saturated heterocycles. The molecule has 0 radical (unpaired) electrons. The molecule has 14 heavy (non-hydrogen) atoms. The number of nitrogen functional groups attached to an aromatic ring is 1. The number of nitrogens with zero attached hydrogens (tertiary/aromatic N) is 2. The first-order valence-electron chi connectivity index (χ1n) is 3.82. The first-order valence-corrected chi connectivity index (χ1v) is 3.82. The van der Waals surface area contributed by atoms with Crippen molar-refractivity contribution in [2.75, 3.05) is 24.7 Å². The van der Waals surface area contributed by atoms with Gasteiger partial charge in [-0.3, -0.25) is 0 Å². The minimum atomic E-state index is -4.38. The monoisotopic (exact) mass is 205 g/mol. The van der Waals surface area contributed by atoms with Crippen molar-refractivity contribution in [1.82, 2.24) is 4.98 Å². The zero-order valence-corrected chi connectivity index (χ0v) is 7.76. The molecule has 0 spiro atoms. The van der Waals surface area contributed by atoms with Crippen molar-refractivity contribution in [1.29, 1.82) is 0 Å². The lowest BCUT2D eigenvalue weighted by Gasteiger charge is -2.16. The van der Waals surface area contributed by atoms with Crippen LogP contribution in [0.25, 0.3) is 0 Å². The Labute approximate surface area is 79.3 Å². The molecule has 0 amide bonds. The normalized spacial score (nSPS) is 11.5. The third-order valence-corrected chi connectivity index (χ3v) is 1.71. The minimum Gasteiger partial charge on any atom is -0.382 e. The summed E-state index contributed by atoms with van der Waals surface area (Å²) in [6.07, 6.45) is -3.66. The zero-order valence-electron chi connectivity index (χ0n) is 7.76. The summed E-state index contributed by atoms with van der Waals surface area (Å²) in [4.78, 5) is 4.97. The highest BCUT2D eigenvalue weighted by molar-refractivity contribution is 5.63. The molecule has 3 nitrogen and oxygen atoms in total. The van der Waals surface area contributed by atoms with E-state index in [0.29, 0.717) is 0 Å². The molecule has 1 aromatic heterocycles. The van der Waals surface area contributed by atoms with Crippen molar-refractivity contribution in [3.8, 4) is 0 Å². The van der Waals surface area contributed by atoms with Crippen LogP contribution in [0, 0.1) is 0 Å². The van der Waals surface area contributed by atoms with Crippen LogP contribution in [0.2, 0.25) is 0 Å². The third kappa shape index (κ3) is 2.07. The molecule has 0 unspecified atom stereocenters. The lowest BCUT2D eigenvalue weighted by Crippen LogP contribution is -2.14. The van der Waals surface area contributed by atoms with Gasteiger partial charge in [0.25, 0.3) is 0 Å². The van der Waals surface area contributed by atoms with Gasteiger partial charge >= 0.3 is 6.18 Å². The van der Waals surface area contributed by atoms with Gasteiger partial charge in [0.1, 0.15) is 5.82 Å². The van der Waals surface area contributed by atoms with E-state index in [0.717, 1.165) is 12.3 Å². The average Bonchev–Trinajstić information content (AvgIpc) is 2.02. The van der Waals surface area contributed by atoms with E-state index < -0.39 is 11.7 Å². The molecule has 0 atom stereocenters. The van der Waals surface area contributed by atoms with Gasteiger partial charge in [-0.2, -0.15) is 13.2 Å². The van der Waals surface area contributed by atoms with Gasteiger partial charge in [0, 0.05) is 20.3 Å². The van der Waals surface area contributed by atoms with Gasteiger partial charge in [0.15, 0.2) is 0 Å². The Kier molecular flexibility index (Phi) is 2.55. The van der Waals surface area contributed by atoms with E-state index in [9.17, 15) is 13.2 Å². The molecule has 6 heteroatoms. The number of pyridine rings is 1. The molecule has 0 aliphatic rings. The second-order valence-electron chi connectivity index (χ2n) is 3.02. The summed E-state index contributed by atoms with van der Waals surface area (Å²) in [7, 11) is 3.21. The van der Waals surface area contributed by atoms with Gasteiger partial charge in [-0.1, -0.05) is 0 Å². The van der Waals surface area contributed by atoms with Gasteiger partial charge in [-0.15, -0.1) is 0 Å². The maximum absolute atomic E-state index is 12.3. The van der Waals surface area contributed by atoms with Crippen LogP contribution >= 0.6 is 0 Å². The molecule has 2 N–H and O–H groups in total. The van der Waals surface area contributed by atoms with E-state index >= 15 is 0 Å². The lowest BCUT2D eigenvalue weighted by molar-refractivity contribution is -0.137. The van der Waals surface area contributed by atoms with E-state index in [1.807, 2.05) is 0 Å². The smallest absolute Gasteiger partial charge is 0.382 e. The van der Waals surface area contributed by atoms with E-state index in [1.165, 1.54) is 4.90 Å². The number of nitrogens with two attached hydrogens (primary N) is 1. The Bertz CT molecular complexity index is 333. The van der Waals surface area contributed by atoms with Crippen LogP contribution in [0.3, 0.4) is 0 Å². The van der Waals surface area contributed by atoms with Gasteiger partial charge < -0.3 is 10.6 Å². The highest BCUT2D eigenvalue weighted by Gasteiger charge is 2.31. The van der Waals surface area contributed by atoms with Gasteiger partial charge in [-0.25, -0.2) is 4.98 Å². The SMILES string of the molecule is CN(C)c1cc(C(F)(F)F)cnc1N. The standard InChI is InChI=1S/C8H10F3N3/c1-14(2)6-3-5(8(9,10)11)4-13-7(6)12/h3-4H,1-2H3,(H2,12,13). The summed E-state index contributed by atoms with van der Waals surface area (Å²) in [6.45, 7) is 0. The second kappa shape index (κ2) is 3.36. The summed E-state index contributed by atoms with van der Waals surface area (Å²) in [6, 6.07) is 0.975. The zero-order chi connectivity index (χ0) is 10.9. The molecule has 1 aromatic rings. The lowest BCUT2D eigenvalue weighted by atomic mass is 10.2. The van der Waals surface area contributed by atoms with Crippen molar-refractivity contribution in [3.63, 3.8) is 0 Å². The van der Waals surface area contributed by atoms with Crippen LogP contribution < -0.4 is 10.6 Å². The number of hydrogen-bond donors (Lipinski definition) is 1. The number of anilines is 2. The molecular weight excluding hydrogens is 195 g/mol. The summed E-state index contributed by atoms with van der Waals surface area (Å²) < 4.78 is 36.8. The largest absolute Gasteiger partial charge is 0.417 e. The predicted molar refractivity (Wildman–Crippen MR) is 48.0 cm³/mol. The Morgan fingerprint density at radius 2 is 1.93 bits per heavy atom. The fraction of sp³-hybridized carbons (Fsp3) is 0.375. The topological polar surface area (TPSA) is 42.2 Å². The number of rotatable bonds is 1. The fourth-order valence-corrected chi connectivity index (χ4v) is 0.977. The van der Waals surface area contributed by atoms with Gasteiger partial charge in [0.2, 0.25) is 0 Å². The Balaban J connectivity index is 3.20. The fourth-order valence-electron chi connectivity index (χ4n) is 0.977. The van der Waals surface area contributed by atoms with Crippen LogP contribution in [0.5, 0.6) is 0 Å². The van der Waals surface area contributed by atoms with E-state index in [2.05, 4.69) is 4.98 Å². The quantitative estimate of drug-likeness (QED) is 0.759. The predicted octanol–water partition coefficient (Wildman–Crippen LogP) is 1.75. The van der Waals surface area contributed by atoms with Crippen LogP contribution in [0.15, 0.2) is 12.3 Å². The molecule has 0 bridgehead atoms. The van der Waals surface area contributed by atoms with Crippen LogP contribution in [-0.4, -0.2) is 19.1 Å². The van der Waals surface area contributed by atoms with Gasteiger partial charge in [0.05, 0.1) is 11.3 Å². The molecule has 0 aromatic carbocycles. The third-order valence-electron chi connectivity index (χ3n) is 1.71. The number of halogens is 3. The van der Waals surface area contributed by atoms with Crippen molar-refractivity contribution in [2.45, 2.75) is 6.18 Å². The van der Waals surface area contributed by atoms with E-state index in [1.54, 1.807) is 14.1 Å². The maximum atomic E-state index is 12.3. The summed E-state index contributed by atoms with van der Waals surface area (Å²) >= 11 is 0. The van der Waals surface area contributed by atoms with E-state index in [-0.39, 0.29) is 11.5 Å². The summed E-state index contributed by atoms with van der Waals surface area (Å²) in [5.41, 5.74) is 4.88.